The molecule has 0 saturated carbocycles. The number of aliphatic hydroxyl groups excluding tert-OH is 1. The first kappa shape index (κ1) is 20.0. The van der Waals surface area contributed by atoms with E-state index in [0.717, 1.165) is 16.6 Å². The van der Waals surface area contributed by atoms with Crippen molar-refractivity contribution in [3.63, 3.8) is 0 Å². The van der Waals surface area contributed by atoms with Crippen LogP contribution < -0.4 is 16.0 Å². The lowest BCUT2D eigenvalue weighted by Crippen LogP contribution is -2.36. The van der Waals surface area contributed by atoms with Crippen LogP contribution in [0.3, 0.4) is 0 Å². The van der Waals surface area contributed by atoms with Crippen LogP contribution in [0.2, 0.25) is 0 Å². The van der Waals surface area contributed by atoms with E-state index in [4.69, 9.17) is 10.2 Å². The zero-order valence-corrected chi connectivity index (χ0v) is 17.5. The third-order valence-corrected chi connectivity index (χ3v) is 5.72. The number of carbonyl (C=O) groups is 1. The molecule has 5 rings (SSSR count). The Kier molecular flexibility index (Phi) is 4.98. The summed E-state index contributed by atoms with van der Waals surface area (Å²) >= 11 is 0. The number of nitrogens with zero attached hydrogens (tertiary/aromatic N) is 5. The third kappa shape index (κ3) is 3.65. The van der Waals surface area contributed by atoms with E-state index in [1.165, 1.54) is 6.26 Å². The lowest BCUT2D eigenvalue weighted by molar-refractivity contribution is 0.102. The summed E-state index contributed by atoms with van der Waals surface area (Å²) in [6.07, 6.45) is 5.69. The molecule has 0 bridgehead atoms. The van der Waals surface area contributed by atoms with E-state index < -0.39 is 5.91 Å². The molecule has 1 aliphatic rings. The van der Waals surface area contributed by atoms with Gasteiger partial charge < -0.3 is 25.5 Å². The van der Waals surface area contributed by atoms with Crippen molar-refractivity contribution in [3.8, 4) is 11.5 Å². The molecule has 0 spiro atoms. The first-order chi connectivity index (χ1) is 15.5. The number of benzene rings is 1. The van der Waals surface area contributed by atoms with Gasteiger partial charge in [-0.05, 0) is 37.1 Å². The topological polar surface area (TPSA) is 135 Å². The number of rotatable bonds is 4. The van der Waals surface area contributed by atoms with Gasteiger partial charge in [0.15, 0.2) is 5.69 Å². The van der Waals surface area contributed by atoms with Gasteiger partial charge in [-0.3, -0.25) is 9.48 Å². The van der Waals surface area contributed by atoms with E-state index >= 15 is 0 Å². The highest BCUT2D eigenvalue weighted by Crippen LogP contribution is 2.33. The SMILES string of the molecule is Cn1ncc2cc(NC(=O)c3coc(-c4cccnc4N)n3)c(N3CCC(O)CC3)cc21. The van der Waals surface area contributed by atoms with Crippen molar-refractivity contribution in [1.29, 1.82) is 0 Å². The average molecular weight is 433 g/mol. The number of piperidine rings is 1. The number of oxazole rings is 1. The van der Waals surface area contributed by atoms with Gasteiger partial charge in [-0.1, -0.05) is 0 Å². The number of fused-ring (bicyclic) bond motifs is 1. The van der Waals surface area contributed by atoms with E-state index in [2.05, 4.69) is 25.3 Å². The monoisotopic (exact) mass is 433 g/mol. The summed E-state index contributed by atoms with van der Waals surface area (Å²) in [7, 11) is 1.88. The molecule has 10 heteroatoms. The Morgan fingerprint density at radius 2 is 2.12 bits per heavy atom. The molecule has 32 heavy (non-hydrogen) atoms. The first-order valence-corrected chi connectivity index (χ1v) is 10.4. The molecule has 3 aromatic heterocycles. The maximum absolute atomic E-state index is 13.0. The number of hydrogen-bond acceptors (Lipinski definition) is 8. The molecular weight excluding hydrogens is 410 g/mol. The highest BCUT2D eigenvalue weighted by atomic mass is 16.3. The van der Waals surface area contributed by atoms with Gasteiger partial charge in [0.1, 0.15) is 12.1 Å². The lowest BCUT2D eigenvalue weighted by Gasteiger charge is -2.33. The molecule has 1 fully saturated rings. The van der Waals surface area contributed by atoms with Crippen molar-refractivity contribution >= 4 is 34.0 Å². The summed E-state index contributed by atoms with van der Waals surface area (Å²) in [5.74, 6) is 0.107. The van der Waals surface area contributed by atoms with E-state index in [1.54, 1.807) is 29.2 Å². The zero-order valence-electron chi connectivity index (χ0n) is 17.5. The minimum absolute atomic E-state index is 0.134. The lowest BCUT2D eigenvalue weighted by atomic mass is 10.1. The number of nitrogens with one attached hydrogen (secondary N) is 1. The Labute approximate surface area is 183 Å². The second-order valence-electron chi connectivity index (χ2n) is 7.84. The fraction of sp³-hybridized carbons (Fsp3) is 0.273. The van der Waals surface area contributed by atoms with Gasteiger partial charge in [0.2, 0.25) is 5.89 Å². The minimum atomic E-state index is -0.399. The van der Waals surface area contributed by atoms with Crippen molar-refractivity contribution in [1.82, 2.24) is 19.7 Å². The maximum atomic E-state index is 13.0. The van der Waals surface area contributed by atoms with Crippen LogP contribution in [0.25, 0.3) is 22.4 Å². The van der Waals surface area contributed by atoms with Crippen LogP contribution in [0.1, 0.15) is 23.3 Å². The number of aryl methyl sites for hydroxylation is 1. The van der Waals surface area contributed by atoms with Crippen LogP contribution in [-0.2, 0) is 7.05 Å². The van der Waals surface area contributed by atoms with Gasteiger partial charge in [0, 0.05) is 31.7 Å². The van der Waals surface area contributed by atoms with Crippen LogP contribution in [0.5, 0.6) is 0 Å². The molecule has 1 saturated heterocycles. The Balaban J connectivity index is 1.46. The highest BCUT2D eigenvalue weighted by Gasteiger charge is 2.23. The van der Waals surface area contributed by atoms with Crippen molar-refractivity contribution in [3.05, 3.63) is 48.6 Å². The number of pyridine rings is 1. The van der Waals surface area contributed by atoms with E-state index in [9.17, 15) is 9.90 Å². The summed E-state index contributed by atoms with van der Waals surface area (Å²) in [5.41, 5.74) is 9.03. The Bertz CT molecular complexity index is 1290. The first-order valence-electron chi connectivity index (χ1n) is 10.4. The van der Waals surface area contributed by atoms with Crippen molar-refractivity contribution in [2.24, 2.45) is 7.05 Å². The third-order valence-electron chi connectivity index (χ3n) is 5.72. The molecule has 4 aromatic rings. The van der Waals surface area contributed by atoms with Crippen LogP contribution in [0, 0.1) is 0 Å². The summed E-state index contributed by atoms with van der Waals surface area (Å²) in [6.45, 7) is 1.39. The van der Waals surface area contributed by atoms with E-state index in [0.29, 0.717) is 37.2 Å². The Hall–Kier alpha value is -3.92. The molecule has 1 amide bonds. The smallest absolute Gasteiger partial charge is 0.277 e. The molecule has 164 valence electrons. The summed E-state index contributed by atoms with van der Waals surface area (Å²) in [6, 6.07) is 7.37. The number of aromatic nitrogens is 4. The highest BCUT2D eigenvalue weighted by molar-refractivity contribution is 6.06. The van der Waals surface area contributed by atoms with Gasteiger partial charge in [-0.15, -0.1) is 0 Å². The molecule has 0 atom stereocenters. The predicted molar refractivity (Wildman–Crippen MR) is 120 cm³/mol. The number of nitrogens with two attached hydrogens (primary N) is 1. The Morgan fingerprint density at radius 3 is 2.91 bits per heavy atom. The summed E-state index contributed by atoms with van der Waals surface area (Å²) < 4.78 is 7.28. The van der Waals surface area contributed by atoms with Gasteiger partial charge in [0.25, 0.3) is 5.91 Å². The van der Waals surface area contributed by atoms with Gasteiger partial charge in [0.05, 0.1) is 34.8 Å². The number of nitrogen functional groups attached to an aromatic ring is 1. The number of aliphatic hydroxyl groups is 1. The van der Waals surface area contributed by atoms with E-state index in [1.807, 2.05) is 19.2 Å². The molecule has 1 aliphatic heterocycles. The van der Waals surface area contributed by atoms with Crippen LogP contribution in [-0.4, -0.2) is 50.0 Å². The van der Waals surface area contributed by atoms with Crippen LogP contribution >= 0.6 is 0 Å². The standard InChI is InChI=1S/C22H23N7O3/c1-28-18-10-19(29-7-4-14(30)5-8-29)16(9-13(18)11-25-28)26-21(31)17-12-32-22(27-17)15-3-2-6-24-20(15)23/h2-3,6,9-12,14,30H,4-5,7-8H2,1H3,(H2,23,24)(H,26,31). The fourth-order valence-electron chi connectivity index (χ4n) is 3.94. The molecule has 0 radical (unpaired) electrons. The molecule has 4 heterocycles. The quantitative estimate of drug-likeness (QED) is 0.446. The van der Waals surface area contributed by atoms with Crippen molar-refractivity contribution < 1.29 is 14.3 Å². The molecule has 4 N–H and O–H groups in total. The largest absolute Gasteiger partial charge is 0.443 e. The molecule has 10 nitrogen and oxygen atoms in total. The molecule has 0 aliphatic carbocycles. The normalized spacial score (nSPS) is 14.8. The average Bonchev–Trinajstić information content (AvgIpc) is 3.42. The number of amides is 1. The zero-order chi connectivity index (χ0) is 22.2. The molecule has 0 unspecified atom stereocenters. The maximum Gasteiger partial charge on any atom is 0.277 e. The molecule has 1 aromatic carbocycles. The van der Waals surface area contributed by atoms with Gasteiger partial charge in [-0.2, -0.15) is 5.10 Å². The fourth-order valence-corrected chi connectivity index (χ4v) is 3.94. The van der Waals surface area contributed by atoms with E-state index in [-0.39, 0.29) is 23.5 Å². The number of carbonyl (C=O) groups excluding carboxylic acids is 1. The summed E-state index contributed by atoms with van der Waals surface area (Å²) in [5, 5.41) is 18.1. The number of hydrogen-bond donors (Lipinski definition) is 3. The minimum Gasteiger partial charge on any atom is -0.443 e. The van der Waals surface area contributed by atoms with Crippen LogP contribution in [0.15, 0.2) is 47.3 Å². The van der Waals surface area contributed by atoms with Crippen molar-refractivity contribution in [2.45, 2.75) is 18.9 Å². The van der Waals surface area contributed by atoms with Crippen LogP contribution in [0.4, 0.5) is 17.2 Å². The predicted octanol–water partition coefficient (Wildman–Crippen LogP) is 2.42. The van der Waals surface area contributed by atoms with Crippen molar-refractivity contribution in [2.75, 3.05) is 29.0 Å². The molecular formula is C22H23N7O3. The number of anilines is 3. The Morgan fingerprint density at radius 1 is 1.31 bits per heavy atom. The van der Waals surface area contributed by atoms with Gasteiger partial charge >= 0.3 is 0 Å². The second-order valence-corrected chi connectivity index (χ2v) is 7.84. The van der Waals surface area contributed by atoms with Gasteiger partial charge in [-0.25, -0.2) is 9.97 Å². The summed E-state index contributed by atoms with van der Waals surface area (Å²) in [4.78, 5) is 23.5. The second kappa shape index (κ2) is 7.97.